The number of nitrogens with zero attached hydrogens (tertiary/aromatic N) is 3. The lowest BCUT2D eigenvalue weighted by Crippen LogP contribution is -2.60. The average Bonchev–Trinajstić information content (AvgIpc) is 3.02. The number of benzene rings is 1. The summed E-state index contributed by atoms with van der Waals surface area (Å²) in [5, 5.41) is 8.05. The van der Waals surface area contributed by atoms with Gasteiger partial charge >= 0.3 is 0 Å². The molecule has 2 aromatic rings. The average molecular weight is 331 g/mol. The summed E-state index contributed by atoms with van der Waals surface area (Å²) in [5.41, 5.74) is 0.134. The van der Waals surface area contributed by atoms with Crippen molar-refractivity contribution >= 4 is 5.91 Å². The first kappa shape index (κ1) is 16.3. The van der Waals surface area contributed by atoms with Crippen molar-refractivity contribution in [1.82, 2.24) is 15.1 Å². The molecule has 2 heterocycles. The highest BCUT2D eigenvalue weighted by Crippen LogP contribution is 2.34. The fraction of sp³-hybridized carbons (Fsp3) is 0.353. The quantitative estimate of drug-likeness (QED) is 0.599. The van der Waals surface area contributed by atoms with Crippen LogP contribution in [0.25, 0.3) is 11.5 Å². The highest BCUT2D eigenvalue weighted by Gasteiger charge is 2.46. The Morgan fingerprint density at radius 1 is 1.50 bits per heavy atom. The monoisotopic (exact) mass is 331 g/mol. The third-order valence-electron chi connectivity index (χ3n) is 3.91. The second-order valence-corrected chi connectivity index (χ2v) is 6.04. The summed E-state index contributed by atoms with van der Waals surface area (Å²) < 4.78 is 24.1. The minimum atomic E-state index is -0.396. The molecule has 1 saturated heterocycles. The lowest BCUT2D eigenvalue weighted by Gasteiger charge is -2.45. The van der Waals surface area contributed by atoms with Gasteiger partial charge in [0.15, 0.2) is 0 Å². The first-order chi connectivity index (χ1) is 11.5. The van der Waals surface area contributed by atoms with Crippen molar-refractivity contribution in [1.29, 1.82) is 0 Å². The highest BCUT2D eigenvalue weighted by atomic mass is 19.1. The van der Waals surface area contributed by atoms with Crippen LogP contribution in [0.3, 0.4) is 0 Å². The van der Waals surface area contributed by atoms with Gasteiger partial charge in [-0.05, 0) is 25.1 Å². The van der Waals surface area contributed by atoms with E-state index in [-0.39, 0.29) is 24.2 Å². The Kier molecular flexibility index (Phi) is 4.44. The summed E-state index contributed by atoms with van der Waals surface area (Å²) in [5.74, 6) is 0.264. The van der Waals surface area contributed by atoms with E-state index in [2.05, 4.69) is 16.8 Å². The van der Waals surface area contributed by atoms with Crippen LogP contribution in [0.1, 0.15) is 12.8 Å². The van der Waals surface area contributed by atoms with Gasteiger partial charge in [-0.3, -0.25) is 4.79 Å². The van der Waals surface area contributed by atoms with E-state index < -0.39 is 5.41 Å². The topological polar surface area (TPSA) is 68.5 Å². The molecule has 1 aliphatic rings. The van der Waals surface area contributed by atoms with Gasteiger partial charge in [-0.2, -0.15) is 0 Å². The minimum absolute atomic E-state index is 0.0282. The Balaban J connectivity index is 1.64. The van der Waals surface area contributed by atoms with Gasteiger partial charge in [0.05, 0.1) is 12.0 Å². The Labute approximate surface area is 138 Å². The second-order valence-electron chi connectivity index (χ2n) is 6.04. The van der Waals surface area contributed by atoms with Crippen molar-refractivity contribution in [3.05, 3.63) is 48.6 Å². The standard InChI is InChI=1S/C17H18FN3O3/c1-3-7-23-9-14(22)21-10-17(2,11-21)16-20-19-15(24-16)12-5-4-6-13(18)8-12/h3-6,8H,1,7,9-11H2,2H3. The number of ether oxygens (including phenoxy) is 1. The van der Waals surface area contributed by atoms with E-state index in [1.165, 1.54) is 12.1 Å². The molecule has 0 unspecified atom stereocenters. The Bertz CT molecular complexity index is 753. The molecule has 1 amide bonds. The molecule has 0 radical (unpaired) electrons. The molecule has 0 bridgehead atoms. The lowest BCUT2D eigenvalue weighted by molar-refractivity contribution is -0.143. The van der Waals surface area contributed by atoms with Crippen LogP contribution in [0.4, 0.5) is 4.39 Å². The number of amides is 1. The van der Waals surface area contributed by atoms with Gasteiger partial charge in [-0.15, -0.1) is 16.8 Å². The summed E-state index contributed by atoms with van der Waals surface area (Å²) in [6.45, 7) is 6.81. The molecule has 24 heavy (non-hydrogen) atoms. The SMILES string of the molecule is C=CCOCC(=O)N1CC(C)(c2nnc(-c3cccc(F)c3)o2)C1. The van der Waals surface area contributed by atoms with Gasteiger partial charge in [0.1, 0.15) is 12.4 Å². The van der Waals surface area contributed by atoms with Crippen LogP contribution in [-0.2, 0) is 14.9 Å². The summed E-state index contributed by atoms with van der Waals surface area (Å²) in [6.07, 6.45) is 1.60. The predicted molar refractivity (Wildman–Crippen MR) is 84.6 cm³/mol. The predicted octanol–water partition coefficient (Wildman–Crippen LogP) is 2.18. The molecule has 0 atom stereocenters. The zero-order valence-electron chi connectivity index (χ0n) is 13.4. The zero-order chi connectivity index (χ0) is 17.2. The van der Waals surface area contributed by atoms with E-state index in [4.69, 9.17) is 9.15 Å². The molecule has 126 valence electrons. The van der Waals surface area contributed by atoms with Crippen molar-refractivity contribution in [2.24, 2.45) is 0 Å². The largest absolute Gasteiger partial charge is 0.420 e. The first-order valence-corrected chi connectivity index (χ1v) is 7.58. The van der Waals surface area contributed by atoms with E-state index in [1.807, 2.05) is 6.92 Å². The van der Waals surface area contributed by atoms with E-state index >= 15 is 0 Å². The summed E-state index contributed by atoms with van der Waals surface area (Å²) >= 11 is 0. The van der Waals surface area contributed by atoms with Crippen molar-refractivity contribution in [3.8, 4) is 11.5 Å². The molecule has 0 N–H and O–H groups in total. The number of rotatable bonds is 6. The third kappa shape index (κ3) is 3.21. The van der Waals surface area contributed by atoms with Gasteiger partial charge in [0.25, 0.3) is 0 Å². The maximum atomic E-state index is 13.3. The third-order valence-corrected chi connectivity index (χ3v) is 3.91. The number of likely N-dealkylation sites (tertiary alicyclic amines) is 1. The minimum Gasteiger partial charge on any atom is -0.420 e. The van der Waals surface area contributed by atoms with Crippen LogP contribution >= 0.6 is 0 Å². The molecule has 3 rings (SSSR count). The van der Waals surface area contributed by atoms with E-state index in [0.29, 0.717) is 31.2 Å². The summed E-state index contributed by atoms with van der Waals surface area (Å²) in [6, 6.07) is 5.98. The number of hydrogen-bond donors (Lipinski definition) is 0. The Morgan fingerprint density at radius 2 is 2.29 bits per heavy atom. The van der Waals surface area contributed by atoms with E-state index in [0.717, 1.165) is 0 Å². The fourth-order valence-electron chi connectivity index (χ4n) is 2.63. The number of hydrogen-bond acceptors (Lipinski definition) is 5. The zero-order valence-corrected chi connectivity index (χ0v) is 13.4. The van der Waals surface area contributed by atoms with Crippen molar-refractivity contribution in [2.45, 2.75) is 12.3 Å². The molecule has 1 aliphatic heterocycles. The van der Waals surface area contributed by atoms with E-state index in [9.17, 15) is 9.18 Å². The Morgan fingerprint density at radius 3 is 3.00 bits per heavy atom. The fourth-order valence-corrected chi connectivity index (χ4v) is 2.63. The maximum absolute atomic E-state index is 13.3. The van der Waals surface area contributed by atoms with Crippen LogP contribution in [0.2, 0.25) is 0 Å². The number of carbonyl (C=O) groups is 1. The van der Waals surface area contributed by atoms with Gasteiger partial charge in [0, 0.05) is 18.7 Å². The maximum Gasteiger partial charge on any atom is 0.248 e. The van der Waals surface area contributed by atoms with Crippen LogP contribution in [-0.4, -0.2) is 47.3 Å². The van der Waals surface area contributed by atoms with Crippen LogP contribution in [0.5, 0.6) is 0 Å². The molecule has 0 aliphatic carbocycles. The van der Waals surface area contributed by atoms with Gasteiger partial charge in [-0.25, -0.2) is 4.39 Å². The van der Waals surface area contributed by atoms with Crippen LogP contribution in [0.15, 0.2) is 41.3 Å². The molecule has 1 aromatic heterocycles. The van der Waals surface area contributed by atoms with Crippen LogP contribution < -0.4 is 0 Å². The number of halogens is 1. The van der Waals surface area contributed by atoms with Crippen molar-refractivity contribution in [2.75, 3.05) is 26.3 Å². The molecule has 1 fully saturated rings. The lowest BCUT2D eigenvalue weighted by atomic mass is 9.82. The normalized spacial score (nSPS) is 15.8. The van der Waals surface area contributed by atoms with Crippen molar-refractivity contribution in [3.63, 3.8) is 0 Å². The molecule has 0 spiro atoms. The molecular formula is C17H18FN3O3. The highest BCUT2D eigenvalue weighted by molar-refractivity contribution is 5.78. The number of aromatic nitrogens is 2. The molecular weight excluding hydrogens is 313 g/mol. The van der Waals surface area contributed by atoms with Gasteiger partial charge in [-0.1, -0.05) is 12.1 Å². The van der Waals surface area contributed by atoms with Crippen LogP contribution in [0, 0.1) is 5.82 Å². The number of carbonyl (C=O) groups excluding carboxylic acids is 1. The summed E-state index contributed by atoms with van der Waals surface area (Å²) in [4.78, 5) is 13.6. The first-order valence-electron chi connectivity index (χ1n) is 7.58. The van der Waals surface area contributed by atoms with Gasteiger partial charge < -0.3 is 14.1 Å². The summed E-state index contributed by atoms with van der Waals surface area (Å²) in [7, 11) is 0. The van der Waals surface area contributed by atoms with Gasteiger partial charge in [0.2, 0.25) is 17.7 Å². The molecule has 7 heteroatoms. The smallest absolute Gasteiger partial charge is 0.248 e. The molecule has 0 saturated carbocycles. The molecule has 1 aromatic carbocycles. The molecule has 6 nitrogen and oxygen atoms in total. The van der Waals surface area contributed by atoms with E-state index in [1.54, 1.807) is 23.1 Å². The van der Waals surface area contributed by atoms with Crippen molar-refractivity contribution < 1.29 is 18.3 Å². The Hall–Kier alpha value is -2.54. The second kappa shape index (κ2) is 6.52.